The highest BCUT2D eigenvalue weighted by Crippen LogP contribution is 2.21. The van der Waals surface area contributed by atoms with Crippen LogP contribution in [0.5, 0.6) is 0 Å². The van der Waals surface area contributed by atoms with Gasteiger partial charge in [0.15, 0.2) is 5.13 Å². The number of benzene rings is 1. The number of nitrogens with two attached hydrogens (primary N) is 1. The van der Waals surface area contributed by atoms with Crippen LogP contribution >= 0.6 is 23.7 Å². The molecule has 1 fully saturated rings. The van der Waals surface area contributed by atoms with E-state index >= 15 is 0 Å². The maximum Gasteiger partial charge on any atom is 0.319 e. The van der Waals surface area contributed by atoms with Crippen molar-refractivity contribution in [3.63, 3.8) is 0 Å². The zero-order valence-electron chi connectivity index (χ0n) is 14.3. The lowest BCUT2D eigenvalue weighted by atomic mass is 9.98. The Bertz CT molecular complexity index is 729. The fourth-order valence-corrected chi connectivity index (χ4v) is 3.78. The van der Waals surface area contributed by atoms with Crippen molar-refractivity contribution in [2.24, 2.45) is 5.92 Å². The summed E-state index contributed by atoms with van der Waals surface area (Å²) in [7, 11) is 0. The van der Waals surface area contributed by atoms with Gasteiger partial charge in [0.25, 0.3) is 0 Å². The summed E-state index contributed by atoms with van der Waals surface area (Å²) in [5.74, 6) is 0.0294. The van der Waals surface area contributed by atoms with E-state index in [4.69, 9.17) is 5.73 Å². The second-order valence-electron chi connectivity index (χ2n) is 6.25. The van der Waals surface area contributed by atoms with Gasteiger partial charge in [0, 0.05) is 36.4 Å². The molecule has 2 aromatic rings. The number of hydrogen-bond donors (Lipinski definition) is 3. The Morgan fingerprint density at radius 3 is 3.04 bits per heavy atom. The molecule has 1 saturated heterocycles. The van der Waals surface area contributed by atoms with Gasteiger partial charge in [0.2, 0.25) is 0 Å². The molecule has 1 aliphatic rings. The summed E-state index contributed by atoms with van der Waals surface area (Å²) < 4.78 is 13.1. The van der Waals surface area contributed by atoms with Gasteiger partial charge in [-0.3, -0.25) is 4.90 Å². The number of piperidine rings is 1. The van der Waals surface area contributed by atoms with Crippen LogP contribution in [0.15, 0.2) is 30.5 Å². The molecule has 26 heavy (non-hydrogen) atoms. The van der Waals surface area contributed by atoms with Crippen molar-refractivity contribution >= 4 is 40.6 Å². The molecule has 0 radical (unpaired) electrons. The highest BCUT2D eigenvalue weighted by molar-refractivity contribution is 7.15. The van der Waals surface area contributed by atoms with Gasteiger partial charge in [-0.15, -0.1) is 23.7 Å². The predicted octanol–water partition coefficient (Wildman–Crippen LogP) is 3.32. The maximum atomic E-state index is 13.1. The number of thiazole rings is 1. The molecule has 1 aromatic carbocycles. The number of nitrogens with zero attached hydrogens (tertiary/aromatic N) is 2. The van der Waals surface area contributed by atoms with Crippen LogP contribution in [0.4, 0.5) is 20.0 Å². The summed E-state index contributed by atoms with van der Waals surface area (Å²) in [6, 6.07) is 5.55. The van der Waals surface area contributed by atoms with E-state index in [-0.39, 0.29) is 24.3 Å². The number of carbonyl (C=O) groups excluding carboxylic acids is 1. The van der Waals surface area contributed by atoms with Gasteiger partial charge in [-0.25, -0.2) is 14.2 Å². The number of carbonyl (C=O) groups is 1. The lowest BCUT2D eigenvalue weighted by Gasteiger charge is -2.32. The third kappa shape index (κ3) is 6.12. The molecule has 6 nitrogen and oxygen atoms in total. The van der Waals surface area contributed by atoms with E-state index in [0.29, 0.717) is 23.3 Å². The first-order chi connectivity index (χ1) is 12.1. The second-order valence-corrected chi connectivity index (χ2v) is 7.40. The number of anilines is 2. The largest absolute Gasteiger partial charge is 0.375 e. The molecule has 9 heteroatoms. The molecule has 0 bridgehead atoms. The molecular formula is C17H23ClFN5OS. The van der Waals surface area contributed by atoms with Crippen LogP contribution in [0.2, 0.25) is 0 Å². The average molecular weight is 400 g/mol. The highest BCUT2D eigenvalue weighted by Gasteiger charge is 2.21. The number of amides is 2. The van der Waals surface area contributed by atoms with Crippen LogP contribution < -0.4 is 16.4 Å². The minimum Gasteiger partial charge on any atom is -0.375 e. The summed E-state index contributed by atoms with van der Waals surface area (Å²) in [5.41, 5.74) is 6.13. The van der Waals surface area contributed by atoms with Gasteiger partial charge >= 0.3 is 6.03 Å². The van der Waals surface area contributed by atoms with Crippen molar-refractivity contribution in [2.75, 3.05) is 30.7 Å². The highest BCUT2D eigenvalue weighted by atomic mass is 35.5. The van der Waals surface area contributed by atoms with E-state index < -0.39 is 0 Å². The molecule has 0 spiro atoms. The van der Waals surface area contributed by atoms with Crippen molar-refractivity contribution in [1.29, 1.82) is 0 Å². The molecule has 4 N–H and O–H groups in total. The summed E-state index contributed by atoms with van der Waals surface area (Å²) in [6.07, 6.45) is 4.02. The Morgan fingerprint density at radius 1 is 1.46 bits per heavy atom. The first-order valence-corrected chi connectivity index (χ1v) is 9.13. The molecule has 2 heterocycles. The van der Waals surface area contributed by atoms with Crippen LogP contribution in [0.25, 0.3) is 0 Å². The van der Waals surface area contributed by atoms with Gasteiger partial charge in [0.1, 0.15) is 5.82 Å². The number of hydrogen-bond acceptors (Lipinski definition) is 5. The normalized spacial score (nSPS) is 17.3. The predicted molar refractivity (Wildman–Crippen MR) is 105 cm³/mol. The molecule has 1 unspecified atom stereocenters. The summed E-state index contributed by atoms with van der Waals surface area (Å²) in [6.45, 7) is 3.42. The Morgan fingerprint density at radius 2 is 2.31 bits per heavy atom. The molecule has 0 saturated carbocycles. The lowest BCUT2D eigenvalue weighted by Crippen LogP contribution is -2.41. The second kappa shape index (κ2) is 9.70. The van der Waals surface area contributed by atoms with Crippen molar-refractivity contribution in [1.82, 2.24) is 15.2 Å². The zero-order chi connectivity index (χ0) is 17.6. The first-order valence-electron chi connectivity index (χ1n) is 8.31. The minimum absolute atomic E-state index is 0. The third-order valence-electron chi connectivity index (χ3n) is 4.19. The van der Waals surface area contributed by atoms with Crippen LogP contribution in [0.1, 0.15) is 17.7 Å². The minimum atomic E-state index is -0.371. The van der Waals surface area contributed by atoms with Crippen LogP contribution in [-0.4, -0.2) is 35.5 Å². The summed E-state index contributed by atoms with van der Waals surface area (Å²) in [5, 5.41) is 6.13. The molecule has 3 rings (SSSR count). The molecule has 0 aliphatic carbocycles. The molecule has 1 aliphatic heterocycles. The third-order valence-corrected chi connectivity index (χ3v) is 5.00. The summed E-state index contributed by atoms with van der Waals surface area (Å²) >= 11 is 1.52. The SMILES string of the molecule is Cl.Nc1ncc(CN2CCCC(CNC(=O)Nc3cccc(F)c3)C2)s1. The Kier molecular flexibility index (Phi) is 7.62. The van der Waals surface area contributed by atoms with E-state index in [2.05, 4.69) is 20.5 Å². The van der Waals surface area contributed by atoms with Crippen molar-refractivity contribution in [2.45, 2.75) is 19.4 Å². The number of urea groups is 1. The van der Waals surface area contributed by atoms with Gasteiger partial charge < -0.3 is 16.4 Å². The van der Waals surface area contributed by atoms with E-state index in [9.17, 15) is 9.18 Å². The van der Waals surface area contributed by atoms with E-state index in [1.165, 1.54) is 23.5 Å². The molecule has 142 valence electrons. The average Bonchev–Trinajstić information content (AvgIpc) is 2.98. The lowest BCUT2D eigenvalue weighted by molar-refractivity contribution is 0.167. The zero-order valence-corrected chi connectivity index (χ0v) is 15.9. The van der Waals surface area contributed by atoms with Crippen LogP contribution in [0, 0.1) is 11.7 Å². The smallest absolute Gasteiger partial charge is 0.319 e. The van der Waals surface area contributed by atoms with Crippen molar-refractivity contribution < 1.29 is 9.18 Å². The van der Waals surface area contributed by atoms with Gasteiger partial charge in [0.05, 0.1) is 0 Å². The molecule has 1 atom stereocenters. The van der Waals surface area contributed by atoms with Crippen LogP contribution in [-0.2, 0) is 6.54 Å². The van der Waals surface area contributed by atoms with Gasteiger partial charge in [-0.1, -0.05) is 6.07 Å². The standard InChI is InChI=1S/C17H22FN5OS.ClH/c18-13-4-1-5-14(7-13)22-17(24)21-8-12-3-2-6-23(10-12)11-15-9-20-16(19)25-15;/h1,4-5,7,9,12H,2-3,6,8,10-11H2,(H2,19,20)(H2,21,22,24);1H. The van der Waals surface area contributed by atoms with E-state index in [1.807, 2.05) is 6.20 Å². The van der Waals surface area contributed by atoms with E-state index in [1.54, 1.807) is 12.1 Å². The number of halogens is 2. The van der Waals surface area contributed by atoms with Crippen molar-refractivity contribution in [3.05, 3.63) is 41.2 Å². The van der Waals surface area contributed by atoms with E-state index in [0.717, 1.165) is 37.4 Å². The van der Waals surface area contributed by atoms with Gasteiger partial charge in [-0.2, -0.15) is 0 Å². The Balaban J connectivity index is 0.00000243. The number of rotatable bonds is 5. The number of nitrogen functional groups attached to an aromatic ring is 1. The number of likely N-dealkylation sites (tertiary alicyclic amines) is 1. The maximum absolute atomic E-state index is 13.1. The molecule has 1 aromatic heterocycles. The topological polar surface area (TPSA) is 83.3 Å². The fourth-order valence-electron chi connectivity index (χ4n) is 3.06. The Labute approximate surface area is 162 Å². The summed E-state index contributed by atoms with van der Waals surface area (Å²) in [4.78, 5) is 19.6. The molecule has 2 amide bonds. The molecular weight excluding hydrogens is 377 g/mol. The monoisotopic (exact) mass is 399 g/mol. The first kappa shape index (κ1) is 20.4. The van der Waals surface area contributed by atoms with Gasteiger partial charge in [-0.05, 0) is 43.5 Å². The number of nitrogens with one attached hydrogen (secondary N) is 2. The Hall–Kier alpha value is -1.90. The quantitative estimate of drug-likeness (QED) is 0.720. The fraction of sp³-hybridized carbons (Fsp3) is 0.412. The van der Waals surface area contributed by atoms with Crippen LogP contribution in [0.3, 0.4) is 0 Å². The number of aromatic nitrogens is 1. The van der Waals surface area contributed by atoms with Crippen molar-refractivity contribution in [3.8, 4) is 0 Å².